The van der Waals surface area contributed by atoms with Crippen molar-refractivity contribution in [2.24, 2.45) is 0 Å². The molecular formula is C25H22N6O. The number of imidazole rings is 1. The first-order valence-electron chi connectivity index (χ1n) is 10.5. The number of carbonyl (C=O) groups is 1. The molecule has 0 spiro atoms. The number of hydrogen-bond acceptors (Lipinski definition) is 4. The SMILES string of the molecule is CCc1ccc(C(=O)Nc2ccc(C)c(-n3cc(-c4cnc5cccnn45)cn3)c2)cc1. The highest BCUT2D eigenvalue weighted by molar-refractivity contribution is 6.04. The van der Waals surface area contributed by atoms with Crippen molar-refractivity contribution in [3.05, 3.63) is 96.1 Å². The van der Waals surface area contributed by atoms with Gasteiger partial charge in [-0.1, -0.05) is 25.1 Å². The lowest BCUT2D eigenvalue weighted by atomic mass is 10.1. The standard InChI is InChI=1S/C25H22N6O/c1-3-18-7-9-19(10-8-18)25(32)29-21-11-6-17(2)22(13-21)30-16-20(14-28-30)23-15-26-24-5-4-12-27-31(23)24/h4-16H,3H2,1-2H3,(H,29,32). The number of anilines is 1. The Bertz CT molecular complexity index is 1410. The summed E-state index contributed by atoms with van der Waals surface area (Å²) in [5.41, 5.74) is 7.02. The van der Waals surface area contributed by atoms with Crippen LogP contribution in [0.1, 0.15) is 28.4 Å². The van der Waals surface area contributed by atoms with E-state index in [9.17, 15) is 4.79 Å². The molecule has 0 unspecified atom stereocenters. The van der Waals surface area contributed by atoms with E-state index in [1.54, 1.807) is 27.8 Å². The second-order valence-corrected chi connectivity index (χ2v) is 7.62. The van der Waals surface area contributed by atoms with Gasteiger partial charge < -0.3 is 5.32 Å². The van der Waals surface area contributed by atoms with Gasteiger partial charge in [0, 0.05) is 29.2 Å². The van der Waals surface area contributed by atoms with E-state index in [0.29, 0.717) is 11.3 Å². The first kappa shape index (κ1) is 19.7. The van der Waals surface area contributed by atoms with Crippen LogP contribution in [0.25, 0.3) is 22.6 Å². The summed E-state index contributed by atoms with van der Waals surface area (Å²) in [7, 11) is 0. The Morgan fingerprint density at radius 1 is 1.03 bits per heavy atom. The van der Waals surface area contributed by atoms with Crippen LogP contribution in [-0.4, -0.2) is 30.3 Å². The summed E-state index contributed by atoms with van der Waals surface area (Å²) >= 11 is 0. The van der Waals surface area contributed by atoms with E-state index in [0.717, 1.165) is 34.6 Å². The van der Waals surface area contributed by atoms with Gasteiger partial charge in [0.2, 0.25) is 0 Å². The molecular weight excluding hydrogens is 400 g/mol. The summed E-state index contributed by atoms with van der Waals surface area (Å²) in [6.45, 7) is 4.11. The minimum Gasteiger partial charge on any atom is -0.322 e. The molecule has 0 saturated carbocycles. The number of aromatic nitrogens is 5. The normalized spacial score (nSPS) is 11.1. The van der Waals surface area contributed by atoms with Crippen molar-refractivity contribution in [1.82, 2.24) is 24.4 Å². The average Bonchev–Trinajstić information content (AvgIpc) is 3.47. The van der Waals surface area contributed by atoms with E-state index < -0.39 is 0 Å². The molecule has 0 aliphatic rings. The minimum absolute atomic E-state index is 0.139. The fraction of sp³-hybridized carbons (Fsp3) is 0.120. The molecule has 1 amide bonds. The van der Waals surface area contributed by atoms with Crippen molar-refractivity contribution in [2.75, 3.05) is 5.32 Å². The zero-order valence-corrected chi connectivity index (χ0v) is 17.9. The van der Waals surface area contributed by atoms with Crippen molar-refractivity contribution in [3.63, 3.8) is 0 Å². The molecule has 5 rings (SSSR count). The molecule has 7 nitrogen and oxygen atoms in total. The molecule has 0 fully saturated rings. The zero-order chi connectivity index (χ0) is 22.1. The molecule has 0 bridgehead atoms. The first-order valence-corrected chi connectivity index (χ1v) is 10.5. The molecule has 0 atom stereocenters. The van der Waals surface area contributed by atoms with Gasteiger partial charge in [0.1, 0.15) is 0 Å². The van der Waals surface area contributed by atoms with E-state index in [-0.39, 0.29) is 5.91 Å². The fourth-order valence-corrected chi connectivity index (χ4v) is 3.64. The number of benzene rings is 2. The van der Waals surface area contributed by atoms with Gasteiger partial charge in [0.05, 0.1) is 23.8 Å². The van der Waals surface area contributed by atoms with Gasteiger partial charge in [0.25, 0.3) is 5.91 Å². The highest BCUT2D eigenvalue weighted by Crippen LogP contribution is 2.24. The second kappa shape index (κ2) is 8.11. The quantitative estimate of drug-likeness (QED) is 0.445. The van der Waals surface area contributed by atoms with Crippen molar-refractivity contribution >= 4 is 17.2 Å². The molecule has 0 aliphatic heterocycles. The molecule has 0 aliphatic carbocycles. The Balaban J connectivity index is 1.42. The molecule has 2 aromatic carbocycles. The lowest BCUT2D eigenvalue weighted by molar-refractivity contribution is 0.102. The Hall–Kier alpha value is -4.26. The van der Waals surface area contributed by atoms with Crippen LogP contribution in [-0.2, 0) is 6.42 Å². The van der Waals surface area contributed by atoms with Crippen LogP contribution in [0.4, 0.5) is 5.69 Å². The van der Waals surface area contributed by atoms with Crippen molar-refractivity contribution < 1.29 is 4.79 Å². The monoisotopic (exact) mass is 422 g/mol. The first-order chi connectivity index (χ1) is 15.6. The van der Waals surface area contributed by atoms with Gasteiger partial charge in [-0.15, -0.1) is 0 Å². The molecule has 1 N–H and O–H groups in total. The number of hydrogen-bond donors (Lipinski definition) is 1. The summed E-state index contributed by atoms with van der Waals surface area (Å²) in [6, 6.07) is 17.2. The van der Waals surface area contributed by atoms with Crippen molar-refractivity contribution in [2.45, 2.75) is 20.3 Å². The van der Waals surface area contributed by atoms with E-state index in [1.165, 1.54) is 5.56 Å². The minimum atomic E-state index is -0.139. The number of nitrogens with zero attached hydrogens (tertiary/aromatic N) is 5. The third-order valence-electron chi connectivity index (χ3n) is 5.49. The van der Waals surface area contributed by atoms with Crippen LogP contribution in [0.5, 0.6) is 0 Å². The van der Waals surface area contributed by atoms with E-state index >= 15 is 0 Å². The number of rotatable bonds is 5. The molecule has 0 saturated heterocycles. The van der Waals surface area contributed by atoms with Gasteiger partial charge in [-0.05, 0) is 60.9 Å². The maximum absolute atomic E-state index is 12.7. The Labute approximate surface area is 185 Å². The number of nitrogens with one attached hydrogen (secondary N) is 1. The zero-order valence-electron chi connectivity index (χ0n) is 17.9. The van der Waals surface area contributed by atoms with Crippen molar-refractivity contribution in [1.29, 1.82) is 0 Å². The van der Waals surface area contributed by atoms with Crippen LogP contribution >= 0.6 is 0 Å². The topological polar surface area (TPSA) is 77.1 Å². The van der Waals surface area contributed by atoms with Gasteiger partial charge in [0.15, 0.2) is 5.65 Å². The maximum atomic E-state index is 12.7. The Morgan fingerprint density at radius 2 is 1.88 bits per heavy atom. The third kappa shape index (κ3) is 3.65. The lowest BCUT2D eigenvalue weighted by Crippen LogP contribution is -2.12. The predicted octanol–water partition coefficient (Wildman–Crippen LogP) is 4.71. The van der Waals surface area contributed by atoms with Gasteiger partial charge in [-0.2, -0.15) is 10.2 Å². The van der Waals surface area contributed by atoms with Crippen LogP contribution in [0, 0.1) is 6.92 Å². The van der Waals surface area contributed by atoms with E-state index in [1.807, 2.05) is 67.7 Å². The summed E-state index contributed by atoms with van der Waals surface area (Å²) < 4.78 is 3.59. The predicted molar refractivity (Wildman–Crippen MR) is 124 cm³/mol. The highest BCUT2D eigenvalue weighted by atomic mass is 16.1. The Morgan fingerprint density at radius 3 is 2.69 bits per heavy atom. The third-order valence-corrected chi connectivity index (χ3v) is 5.49. The van der Waals surface area contributed by atoms with Crippen LogP contribution in [0.15, 0.2) is 79.4 Å². The number of carbonyl (C=O) groups excluding carboxylic acids is 1. The summed E-state index contributed by atoms with van der Waals surface area (Å²) in [6.07, 6.45) is 8.19. The number of fused-ring (bicyclic) bond motifs is 1. The Kier molecular flexibility index (Phi) is 4.99. The van der Waals surface area contributed by atoms with E-state index in [4.69, 9.17) is 0 Å². The molecule has 3 heterocycles. The van der Waals surface area contributed by atoms with Gasteiger partial charge in [-0.3, -0.25) is 4.79 Å². The van der Waals surface area contributed by atoms with E-state index in [2.05, 4.69) is 27.4 Å². The largest absolute Gasteiger partial charge is 0.322 e. The lowest BCUT2D eigenvalue weighted by Gasteiger charge is -2.11. The molecule has 32 heavy (non-hydrogen) atoms. The maximum Gasteiger partial charge on any atom is 0.255 e. The summed E-state index contributed by atoms with van der Waals surface area (Å²) in [5, 5.41) is 11.9. The van der Waals surface area contributed by atoms with Gasteiger partial charge >= 0.3 is 0 Å². The van der Waals surface area contributed by atoms with Crippen LogP contribution in [0.2, 0.25) is 0 Å². The van der Waals surface area contributed by atoms with Gasteiger partial charge in [-0.25, -0.2) is 14.2 Å². The average molecular weight is 422 g/mol. The summed E-state index contributed by atoms with van der Waals surface area (Å²) in [5.74, 6) is -0.139. The van der Waals surface area contributed by atoms with Crippen LogP contribution in [0.3, 0.4) is 0 Å². The molecule has 158 valence electrons. The number of amides is 1. The second-order valence-electron chi connectivity index (χ2n) is 7.62. The van der Waals surface area contributed by atoms with Crippen molar-refractivity contribution in [3.8, 4) is 16.9 Å². The summed E-state index contributed by atoms with van der Waals surface area (Å²) in [4.78, 5) is 17.1. The molecule has 0 radical (unpaired) electrons. The molecule has 5 aromatic rings. The molecule has 3 aromatic heterocycles. The number of aryl methyl sites for hydroxylation is 2. The van der Waals surface area contributed by atoms with Crippen LogP contribution < -0.4 is 5.32 Å². The fourth-order valence-electron chi connectivity index (χ4n) is 3.64. The molecule has 7 heteroatoms. The smallest absolute Gasteiger partial charge is 0.255 e. The highest BCUT2D eigenvalue weighted by Gasteiger charge is 2.12.